The predicted octanol–water partition coefficient (Wildman–Crippen LogP) is 6.55. The molecule has 0 aliphatic heterocycles. The molecule has 2 rings (SSSR count). The van der Waals surface area contributed by atoms with Crippen molar-refractivity contribution in [1.82, 2.24) is 0 Å². The lowest BCUT2D eigenvalue weighted by molar-refractivity contribution is 1.22. The van der Waals surface area contributed by atoms with Crippen molar-refractivity contribution in [3.63, 3.8) is 0 Å². The first-order valence-electron chi connectivity index (χ1n) is 10.0. The fourth-order valence-corrected chi connectivity index (χ4v) is 72.1. The number of halogens is 1. The molecule has 0 atom stereocenters. The Balaban J connectivity index is 3.11. The highest BCUT2D eigenvalue weighted by atomic mass is 127. The van der Waals surface area contributed by atoms with E-state index in [1.807, 2.05) is 0 Å². The molecule has 5 heteroatoms. The average Bonchev–Trinajstić information content (AvgIpc) is 2.52. The summed E-state index contributed by atoms with van der Waals surface area (Å²) in [4.78, 5) is 0. The maximum absolute atomic E-state index is 2.96. The second-order valence-electron chi connectivity index (χ2n) is 10.6. The van der Waals surface area contributed by atoms with Crippen molar-refractivity contribution in [2.45, 2.75) is 62.8 Å². The SMILES string of the molecule is C[Si](C)(C)C([Si](C)(C)C)([Si](C)(C)I)[Si](C)(c1ccccc1)c1ccccc1. The molecule has 0 saturated carbocycles. The Kier molecular flexibility index (Phi) is 6.65. The van der Waals surface area contributed by atoms with Gasteiger partial charge in [-0.1, -0.05) is 130 Å². The first-order valence-corrected chi connectivity index (χ1v) is 25.6. The van der Waals surface area contributed by atoms with E-state index in [1.165, 1.54) is 0 Å². The molecule has 0 aliphatic rings. The summed E-state index contributed by atoms with van der Waals surface area (Å²) >= 11 is 2.96. The normalized spacial score (nSPS) is 14.3. The maximum Gasteiger partial charge on any atom is 0.118 e. The third-order valence-electron chi connectivity index (χ3n) is 6.59. The zero-order valence-corrected chi connectivity index (χ0v) is 24.8. The van der Waals surface area contributed by atoms with Crippen LogP contribution >= 0.6 is 21.8 Å². The van der Waals surface area contributed by atoms with E-state index < -0.39 is 29.8 Å². The highest BCUT2D eigenvalue weighted by Crippen LogP contribution is 2.61. The summed E-state index contributed by atoms with van der Waals surface area (Å²) in [5.74, 6) is 0. The van der Waals surface area contributed by atoms with Gasteiger partial charge in [0.2, 0.25) is 0 Å². The molecule has 0 aliphatic carbocycles. The minimum absolute atomic E-state index is 0.517. The third kappa shape index (κ3) is 3.67. The van der Waals surface area contributed by atoms with Crippen molar-refractivity contribution in [3.8, 4) is 0 Å². The zero-order chi connectivity index (χ0) is 20.7. The minimum atomic E-state index is -2.01. The van der Waals surface area contributed by atoms with Gasteiger partial charge < -0.3 is 0 Å². The Morgan fingerprint density at radius 1 is 0.556 bits per heavy atom. The Bertz CT molecular complexity index is 677. The van der Waals surface area contributed by atoms with Crippen molar-refractivity contribution in [2.75, 3.05) is 0 Å². The van der Waals surface area contributed by atoms with Crippen LogP contribution in [0.3, 0.4) is 0 Å². The van der Waals surface area contributed by atoms with Crippen LogP contribution in [0.2, 0.25) is 62.8 Å². The van der Waals surface area contributed by atoms with Gasteiger partial charge in [-0.2, -0.15) is 0 Å². The zero-order valence-electron chi connectivity index (χ0n) is 18.7. The summed E-state index contributed by atoms with van der Waals surface area (Å²) < 4.78 is 0.517. The van der Waals surface area contributed by atoms with Gasteiger partial charge in [0.1, 0.15) is 13.6 Å². The Morgan fingerprint density at radius 3 is 1.07 bits per heavy atom. The van der Waals surface area contributed by atoms with Crippen LogP contribution in [0.25, 0.3) is 0 Å². The van der Waals surface area contributed by atoms with Crippen LogP contribution in [0, 0.1) is 0 Å². The molecule has 148 valence electrons. The van der Waals surface area contributed by atoms with Gasteiger partial charge in [0.25, 0.3) is 0 Å². The van der Waals surface area contributed by atoms with Gasteiger partial charge in [-0.25, -0.2) is 0 Å². The van der Waals surface area contributed by atoms with E-state index in [1.54, 1.807) is 10.4 Å². The molecule has 0 nitrogen and oxygen atoms in total. The highest BCUT2D eigenvalue weighted by Gasteiger charge is 2.70. The van der Waals surface area contributed by atoms with Gasteiger partial charge in [-0.15, -0.1) is 21.8 Å². The molecule has 0 heterocycles. The summed E-state index contributed by atoms with van der Waals surface area (Å²) in [5.41, 5.74) is -1.55. The molecular formula is C22H37ISi4. The Morgan fingerprint density at radius 2 is 0.852 bits per heavy atom. The number of hydrogen-bond acceptors (Lipinski definition) is 0. The van der Waals surface area contributed by atoms with Crippen LogP contribution in [-0.4, -0.2) is 29.8 Å². The van der Waals surface area contributed by atoms with Crippen molar-refractivity contribution in [2.24, 2.45) is 0 Å². The maximum atomic E-state index is 2.96. The number of rotatable bonds is 6. The fraction of sp³-hybridized carbons (Fsp3) is 0.455. The van der Waals surface area contributed by atoms with Crippen molar-refractivity contribution in [1.29, 1.82) is 0 Å². The number of hydrogen-bond donors (Lipinski definition) is 0. The third-order valence-corrected chi connectivity index (χ3v) is 48.0. The van der Waals surface area contributed by atoms with Crippen LogP contribution in [-0.2, 0) is 0 Å². The van der Waals surface area contributed by atoms with Gasteiger partial charge in [-0.3, -0.25) is 0 Å². The molecule has 2 aromatic carbocycles. The Hall–Kier alpha value is 0.0375. The summed E-state index contributed by atoms with van der Waals surface area (Å²) in [6.45, 7) is 24.1. The second kappa shape index (κ2) is 7.70. The molecule has 0 saturated heterocycles. The fourth-order valence-electron chi connectivity index (χ4n) is 7.15. The van der Waals surface area contributed by atoms with E-state index in [0.717, 1.165) is 0 Å². The van der Waals surface area contributed by atoms with Crippen LogP contribution in [0.5, 0.6) is 0 Å². The van der Waals surface area contributed by atoms with E-state index in [2.05, 4.69) is 141 Å². The minimum Gasteiger partial charge on any atom is -0.120 e. The Labute approximate surface area is 184 Å². The molecule has 0 bridgehead atoms. The lowest BCUT2D eigenvalue weighted by Crippen LogP contribution is -2.82. The van der Waals surface area contributed by atoms with Gasteiger partial charge in [0.15, 0.2) is 0 Å². The first kappa shape index (κ1) is 23.3. The highest BCUT2D eigenvalue weighted by molar-refractivity contribution is 14.1. The van der Waals surface area contributed by atoms with Crippen LogP contribution in [0.15, 0.2) is 60.7 Å². The molecule has 0 aromatic heterocycles. The monoisotopic (exact) mass is 540 g/mol. The second-order valence-corrected chi connectivity index (χ2v) is 40.0. The number of benzene rings is 2. The molecule has 0 radical (unpaired) electrons. The van der Waals surface area contributed by atoms with E-state index >= 15 is 0 Å². The summed E-state index contributed by atoms with van der Waals surface area (Å²) in [6.07, 6.45) is 0. The van der Waals surface area contributed by atoms with E-state index in [4.69, 9.17) is 0 Å². The predicted molar refractivity (Wildman–Crippen MR) is 145 cm³/mol. The molecule has 0 amide bonds. The molecule has 27 heavy (non-hydrogen) atoms. The molecular weight excluding hydrogens is 503 g/mol. The van der Waals surface area contributed by atoms with Crippen molar-refractivity contribution in [3.05, 3.63) is 60.7 Å². The van der Waals surface area contributed by atoms with Gasteiger partial charge >= 0.3 is 0 Å². The van der Waals surface area contributed by atoms with Crippen molar-refractivity contribution < 1.29 is 0 Å². The van der Waals surface area contributed by atoms with Crippen LogP contribution in [0.4, 0.5) is 0 Å². The van der Waals surface area contributed by atoms with E-state index in [9.17, 15) is 0 Å². The topological polar surface area (TPSA) is 0 Å². The average molecular weight is 541 g/mol. The van der Waals surface area contributed by atoms with E-state index in [-0.39, 0.29) is 0 Å². The van der Waals surface area contributed by atoms with Gasteiger partial charge in [0.05, 0.1) is 0 Å². The molecule has 0 N–H and O–H groups in total. The molecule has 0 unspecified atom stereocenters. The smallest absolute Gasteiger partial charge is 0.118 e. The quantitative estimate of drug-likeness (QED) is 0.221. The lowest BCUT2D eigenvalue weighted by Gasteiger charge is -2.66. The molecule has 0 spiro atoms. The van der Waals surface area contributed by atoms with E-state index in [0.29, 0.717) is 3.91 Å². The molecule has 0 fully saturated rings. The van der Waals surface area contributed by atoms with Crippen LogP contribution in [0.1, 0.15) is 0 Å². The molecule has 2 aromatic rings. The summed E-state index contributed by atoms with van der Waals surface area (Å²) in [5, 5.41) is 3.27. The standard InChI is InChI=1S/C22H37ISi4/c1-24(2,3)22(25(4,5)6,26(7,8)23)27(9,20-16-12-10-13-17-20)21-18-14-11-15-19-21/h10-19H,1-9H3. The summed E-state index contributed by atoms with van der Waals surface area (Å²) in [7, 11) is -5.07. The van der Waals surface area contributed by atoms with Gasteiger partial charge in [-0.05, 0) is 3.91 Å². The van der Waals surface area contributed by atoms with Crippen LogP contribution < -0.4 is 10.4 Å². The lowest BCUT2D eigenvalue weighted by atomic mass is 10.4. The van der Waals surface area contributed by atoms with Gasteiger partial charge in [0, 0.05) is 16.1 Å². The summed E-state index contributed by atoms with van der Waals surface area (Å²) in [6, 6.07) is 23.2. The van der Waals surface area contributed by atoms with Crippen molar-refractivity contribution >= 4 is 62.0 Å². The largest absolute Gasteiger partial charge is 0.120 e. The first-order chi connectivity index (χ1) is 12.2.